The summed E-state index contributed by atoms with van der Waals surface area (Å²) in [6.45, 7) is 0. The van der Waals surface area contributed by atoms with Gasteiger partial charge in [0.2, 0.25) is 0 Å². The maximum absolute atomic E-state index is 6.33. The van der Waals surface area contributed by atoms with Crippen molar-refractivity contribution < 1.29 is 4.42 Å². The summed E-state index contributed by atoms with van der Waals surface area (Å²) in [5.74, 6) is 0. The van der Waals surface area contributed by atoms with E-state index < -0.39 is 0 Å². The van der Waals surface area contributed by atoms with Gasteiger partial charge >= 0.3 is 0 Å². The highest BCUT2D eigenvalue weighted by Crippen LogP contribution is 2.47. The van der Waals surface area contributed by atoms with Crippen LogP contribution in [0.2, 0.25) is 0 Å². The third-order valence-corrected chi connectivity index (χ3v) is 9.08. The van der Waals surface area contributed by atoms with Gasteiger partial charge in [-0.2, -0.15) is 0 Å². The van der Waals surface area contributed by atoms with Crippen molar-refractivity contribution >= 4 is 43.5 Å². The standard InChI is InChI=1S/C44H28O/c1-3-14-29(15-4-1)32-27-26-31(28-39(32)30-16-5-2-6-17-30)42-33-18-7-9-20-35(33)43(36-21-10-8-19-34(36)42)38-23-13-25-41-44(38)37-22-11-12-24-40(37)45-41/h1-28H. The molecule has 8 aromatic carbocycles. The van der Waals surface area contributed by atoms with Crippen LogP contribution >= 0.6 is 0 Å². The molecule has 1 heteroatoms. The number of furan rings is 1. The van der Waals surface area contributed by atoms with Gasteiger partial charge in [0.1, 0.15) is 11.2 Å². The second-order valence-electron chi connectivity index (χ2n) is 11.6. The normalized spacial score (nSPS) is 11.6. The summed E-state index contributed by atoms with van der Waals surface area (Å²) in [5, 5.41) is 7.25. The fourth-order valence-electron chi connectivity index (χ4n) is 7.14. The second kappa shape index (κ2) is 10.4. The summed E-state index contributed by atoms with van der Waals surface area (Å²) in [4.78, 5) is 0. The molecule has 0 spiro atoms. The molecule has 0 aliphatic heterocycles. The molecule has 1 nitrogen and oxygen atoms in total. The highest BCUT2D eigenvalue weighted by Gasteiger charge is 2.21. The van der Waals surface area contributed by atoms with Crippen LogP contribution < -0.4 is 0 Å². The van der Waals surface area contributed by atoms with Crippen LogP contribution in [0.15, 0.2) is 174 Å². The van der Waals surface area contributed by atoms with Gasteiger partial charge in [0, 0.05) is 10.8 Å². The zero-order valence-corrected chi connectivity index (χ0v) is 24.6. The number of hydrogen-bond acceptors (Lipinski definition) is 1. The first-order valence-electron chi connectivity index (χ1n) is 15.4. The Hall–Kier alpha value is -5.92. The SMILES string of the molecule is c1ccc(-c2ccc(-c3c4ccccc4c(-c4cccc5oc6ccccc6c45)c4ccccc34)cc2-c2ccccc2)cc1. The Morgan fingerprint density at radius 3 is 1.44 bits per heavy atom. The van der Waals surface area contributed by atoms with Crippen LogP contribution in [-0.2, 0) is 0 Å². The average Bonchev–Trinajstić information content (AvgIpc) is 3.50. The third-order valence-electron chi connectivity index (χ3n) is 9.08. The molecule has 0 atom stereocenters. The van der Waals surface area contributed by atoms with Crippen molar-refractivity contribution in [1.82, 2.24) is 0 Å². The van der Waals surface area contributed by atoms with E-state index in [-0.39, 0.29) is 0 Å². The number of fused-ring (bicyclic) bond motifs is 5. The van der Waals surface area contributed by atoms with Crippen molar-refractivity contribution in [2.75, 3.05) is 0 Å². The van der Waals surface area contributed by atoms with Crippen LogP contribution in [0.1, 0.15) is 0 Å². The molecule has 0 N–H and O–H groups in total. The number of para-hydroxylation sites is 1. The lowest BCUT2D eigenvalue weighted by Gasteiger charge is -2.19. The maximum Gasteiger partial charge on any atom is 0.136 e. The topological polar surface area (TPSA) is 13.1 Å². The molecule has 210 valence electrons. The molecule has 0 radical (unpaired) electrons. The zero-order valence-electron chi connectivity index (χ0n) is 24.6. The van der Waals surface area contributed by atoms with Crippen LogP contribution in [0.25, 0.3) is 88.0 Å². The molecule has 0 bridgehead atoms. The third kappa shape index (κ3) is 4.09. The minimum absolute atomic E-state index is 0.912. The fourth-order valence-corrected chi connectivity index (χ4v) is 7.14. The maximum atomic E-state index is 6.33. The van der Waals surface area contributed by atoms with Crippen molar-refractivity contribution in [3.05, 3.63) is 170 Å². The lowest BCUT2D eigenvalue weighted by Crippen LogP contribution is -1.92. The van der Waals surface area contributed by atoms with Gasteiger partial charge in [-0.25, -0.2) is 0 Å². The van der Waals surface area contributed by atoms with E-state index in [4.69, 9.17) is 4.42 Å². The Morgan fingerprint density at radius 1 is 0.289 bits per heavy atom. The first-order valence-corrected chi connectivity index (χ1v) is 15.4. The summed E-state index contributed by atoms with van der Waals surface area (Å²) >= 11 is 0. The quantitative estimate of drug-likeness (QED) is 0.191. The van der Waals surface area contributed by atoms with Crippen molar-refractivity contribution in [1.29, 1.82) is 0 Å². The summed E-state index contributed by atoms with van der Waals surface area (Å²) in [6.07, 6.45) is 0. The lowest BCUT2D eigenvalue weighted by atomic mass is 9.83. The molecule has 9 rings (SSSR count). The molecule has 9 aromatic rings. The molecule has 0 amide bonds. The lowest BCUT2D eigenvalue weighted by molar-refractivity contribution is 0.669. The van der Waals surface area contributed by atoms with Crippen molar-refractivity contribution in [3.8, 4) is 44.5 Å². The van der Waals surface area contributed by atoms with Gasteiger partial charge in [0.25, 0.3) is 0 Å². The molecule has 0 aliphatic rings. The average molecular weight is 573 g/mol. The predicted octanol–water partition coefficient (Wildman–Crippen LogP) is 12.6. The van der Waals surface area contributed by atoms with E-state index in [1.54, 1.807) is 0 Å². The van der Waals surface area contributed by atoms with E-state index in [1.165, 1.54) is 66.1 Å². The van der Waals surface area contributed by atoms with Crippen LogP contribution in [0.4, 0.5) is 0 Å². The van der Waals surface area contributed by atoms with E-state index in [2.05, 4.69) is 164 Å². The van der Waals surface area contributed by atoms with Gasteiger partial charge in [-0.3, -0.25) is 0 Å². The van der Waals surface area contributed by atoms with Gasteiger partial charge in [0.05, 0.1) is 0 Å². The van der Waals surface area contributed by atoms with E-state index in [0.29, 0.717) is 0 Å². The summed E-state index contributed by atoms with van der Waals surface area (Å²) < 4.78 is 6.33. The van der Waals surface area contributed by atoms with Crippen LogP contribution in [0.5, 0.6) is 0 Å². The monoisotopic (exact) mass is 572 g/mol. The molecular formula is C44H28O. The number of benzene rings is 8. The molecular weight excluding hydrogens is 544 g/mol. The molecule has 45 heavy (non-hydrogen) atoms. The van der Waals surface area contributed by atoms with Crippen LogP contribution in [0.3, 0.4) is 0 Å². The zero-order chi connectivity index (χ0) is 29.7. The molecule has 0 saturated heterocycles. The Kier molecular flexibility index (Phi) is 5.89. The summed E-state index contributed by atoms with van der Waals surface area (Å²) in [7, 11) is 0. The Labute approximate surface area is 261 Å². The highest BCUT2D eigenvalue weighted by molar-refractivity contribution is 6.25. The number of rotatable bonds is 4. The van der Waals surface area contributed by atoms with E-state index in [1.807, 2.05) is 6.07 Å². The van der Waals surface area contributed by atoms with Crippen molar-refractivity contribution in [2.45, 2.75) is 0 Å². The van der Waals surface area contributed by atoms with Gasteiger partial charge in [0.15, 0.2) is 0 Å². The van der Waals surface area contributed by atoms with E-state index >= 15 is 0 Å². The predicted molar refractivity (Wildman–Crippen MR) is 190 cm³/mol. The minimum atomic E-state index is 0.912. The Morgan fingerprint density at radius 2 is 0.800 bits per heavy atom. The summed E-state index contributed by atoms with van der Waals surface area (Å²) in [6, 6.07) is 61.0. The number of hydrogen-bond donors (Lipinski definition) is 0. The van der Waals surface area contributed by atoms with Gasteiger partial charge in [-0.05, 0) is 84.3 Å². The van der Waals surface area contributed by atoms with Crippen molar-refractivity contribution in [3.63, 3.8) is 0 Å². The molecule has 0 saturated carbocycles. The van der Waals surface area contributed by atoms with Gasteiger partial charge in [-0.15, -0.1) is 0 Å². The summed E-state index contributed by atoms with van der Waals surface area (Å²) in [5.41, 5.74) is 11.6. The molecule has 0 unspecified atom stereocenters. The smallest absolute Gasteiger partial charge is 0.136 e. The second-order valence-corrected chi connectivity index (χ2v) is 11.6. The van der Waals surface area contributed by atoms with Gasteiger partial charge < -0.3 is 4.42 Å². The molecule has 0 aliphatic carbocycles. The van der Waals surface area contributed by atoms with Crippen molar-refractivity contribution in [2.24, 2.45) is 0 Å². The highest BCUT2D eigenvalue weighted by atomic mass is 16.3. The van der Waals surface area contributed by atoms with E-state index in [0.717, 1.165) is 21.9 Å². The molecule has 1 heterocycles. The van der Waals surface area contributed by atoms with Crippen LogP contribution in [0, 0.1) is 0 Å². The Bertz CT molecular complexity index is 2460. The van der Waals surface area contributed by atoms with Gasteiger partial charge in [-0.1, -0.05) is 152 Å². The first-order chi connectivity index (χ1) is 22.3. The first kappa shape index (κ1) is 25.6. The fraction of sp³-hybridized carbons (Fsp3) is 0. The molecule has 1 aromatic heterocycles. The molecule has 0 fully saturated rings. The van der Waals surface area contributed by atoms with Crippen LogP contribution in [-0.4, -0.2) is 0 Å². The Balaban J connectivity index is 1.38. The largest absolute Gasteiger partial charge is 0.456 e. The minimum Gasteiger partial charge on any atom is -0.456 e. The van der Waals surface area contributed by atoms with E-state index in [9.17, 15) is 0 Å².